The van der Waals surface area contributed by atoms with Crippen molar-refractivity contribution in [1.29, 1.82) is 0 Å². The molecule has 0 aliphatic carbocycles. The Morgan fingerprint density at radius 3 is 2.78 bits per heavy atom. The molecule has 2 rings (SSSR count). The summed E-state index contributed by atoms with van der Waals surface area (Å²) in [4.78, 5) is 13.7. The molecule has 18 heavy (non-hydrogen) atoms. The smallest absolute Gasteiger partial charge is 0.246 e. The molecule has 1 aliphatic rings. The van der Waals surface area contributed by atoms with E-state index in [1.54, 1.807) is 25.3 Å². The van der Waals surface area contributed by atoms with Crippen molar-refractivity contribution in [3.63, 3.8) is 0 Å². The lowest BCUT2D eigenvalue weighted by molar-refractivity contribution is -0.124. The number of carbonyl (C=O) groups excluding carboxylic acids is 1. The Labute approximate surface area is 112 Å². The second kappa shape index (κ2) is 5.91. The highest BCUT2D eigenvalue weighted by molar-refractivity contribution is 6.33. The Morgan fingerprint density at radius 1 is 1.39 bits per heavy atom. The molecule has 0 atom stereocenters. The van der Waals surface area contributed by atoms with E-state index < -0.39 is 0 Å². The van der Waals surface area contributed by atoms with Crippen LogP contribution in [-0.4, -0.2) is 31.0 Å². The zero-order valence-electron chi connectivity index (χ0n) is 10.4. The van der Waals surface area contributed by atoms with E-state index in [9.17, 15) is 4.79 Å². The van der Waals surface area contributed by atoms with Crippen molar-refractivity contribution in [3.8, 4) is 5.75 Å². The highest BCUT2D eigenvalue weighted by atomic mass is 35.5. The molecular weight excluding hydrogens is 250 g/mol. The van der Waals surface area contributed by atoms with E-state index in [2.05, 4.69) is 0 Å². The number of hydrogen-bond donors (Lipinski definition) is 0. The number of ether oxygens (including phenoxy) is 1. The van der Waals surface area contributed by atoms with Gasteiger partial charge < -0.3 is 9.64 Å². The van der Waals surface area contributed by atoms with Crippen LogP contribution in [0.25, 0.3) is 6.08 Å². The molecule has 0 radical (unpaired) electrons. The minimum Gasteiger partial charge on any atom is -0.495 e. The number of benzene rings is 1. The Morgan fingerprint density at radius 2 is 2.11 bits per heavy atom. The fraction of sp³-hybridized carbons (Fsp3) is 0.357. The van der Waals surface area contributed by atoms with E-state index in [0.29, 0.717) is 10.8 Å². The monoisotopic (exact) mass is 265 g/mol. The normalized spacial score (nSPS) is 15.3. The highest BCUT2D eigenvalue weighted by Crippen LogP contribution is 2.28. The second-order valence-corrected chi connectivity index (χ2v) is 4.61. The van der Waals surface area contributed by atoms with Crippen molar-refractivity contribution in [2.45, 2.75) is 12.8 Å². The van der Waals surface area contributed by atoms with Crippen LogP contribution in [0.1, 0.15) is 18.4 Å². The highest BCUT2D eigenvalue weighted by Gasteiger charge is 2.15. The first-order valence-corrected chi connectivity index (χ1v) is 6.39. The molecule has 1 aliphatic heterocycles. The summed E-state index contributed by atoms with van der Waals surface area (Å²) in [6.45, 7) is 1.71. The number of nitrogens with zero attached hydrogens (tertiary/aromatic N) is 1. The third-order valence-corrected chi connectivity index (χ3v) is 3.44. The molecule has 0 unspecified atom stereocenters. The van der Waals surface area contributed by atoms with Gasteiger partial charge in [0.2, 0.25) is 5.91 Å². The zero-order valence-corrected chi connectivity index (χ0v) is 11.1. The minimum absolute atomic E-state index is 0.0476. The van der Waals surface area contributed by atoms with Gasteiger partial charge in [-0.05, 0) is 30.5 Å². The molecule has 1 fully saturated rings. The Kier molecular flexibility index (Phi) is 4.26. The Bertz CT molecular complexity index is 465. The molecule has 0 N–H and O–H groups in total. The number of likely N-dealkylation sites (tertiary alicyclic amines) is 1. The van der Waals surface area contributed by atoms with Crippen LogP contribution in [0.4, 0.5) is 0 Å². The van der Waals surface area contributed by atoms with E-state index in [0.717, 1.165) is 31.5 Å². The number of methoxy groups -OCH3 is 1. The Balaban J connectivity index is 2.11. The average Bonchev–Trinajstić information content (AvgIpc) is 2.91. The maximum Gasteiger partial charge on any atom is 0.246 e. The van der Waals surface area contributed by atoms with Gasteiger partial charge in [0.1, 0.15) is 5.75 Å². The molecule has 4 heteroatoms. The fourth-order valence-corrected chi connectivity index (χ4v) is 2.28. The van der Waals surface area contributed by atoms with Crippen LogP contribution in [-0.2, 0) is 4.79 Å². The maximum atomic E-state index is 11.8. The van der Waals surface area contributed by atoms with Gasteiger partial charge in [0.05, 0.1) is 12.1 Å². The van der Waals surface area contributed by atoms with E-state index in [-0.39, 0.29) is 5.91 Å². The predicted octanol–water partition coefficient (Wildman–Crippen LogP) is 2.98. The number of amides is 1. The predicted molar refractivity (Wildman–Crippen MR) is 72.9 cm³/mol. The van der Waals surface area contributed by atoms with Gasteiger partial charge in [-0.3, -0.25) is 4.79 Å². The summed E-state index contributed by atoms with van der Waals surface area (Å²) in [5.74, 6) is 0.666. The van der Waals surface area contributed by atoms with Crippen molar-refractivity contribution in [2.24, 2.45) is 0 Å². The number of hydrogen-bond acceptors (Lipinski definition) is 2. The van der Waals surface area contributed by atoms with Gasteiger partial charge in [-0.1, -0.05) is 23.7 Å². The van der Waals surface area contributed by atoms with E-state index in [1.165, 1.54) is 0 Å². The first kappa shape index (κ1) is 13.0. The molecule has 0 aromatic heterocycles. The summed E-state index contributed by atoms with van der Waals surface area (Å²) in [5, 5.41) is 0.533. The van der Waals surface area contributed by atoms with E-state index in [1.807, 2.05) is 17.0 Å². The van der Waals surface area contributed by atoms with Crippen molar-refractivity contribution in [3.05, 3.63) is 34.9 Å². The molecule has 0 bridgehead atoms. The summed E-state index contributed by atoms with van der Waals surface area (Å²) in [7, 11) is 1.57. The minimum atomic E-state index is 0.0476. The second-order valence-electron chi connectivity index (χ2n) is 4.23. The molecule has 1 aromatic rings. The van der Waals surface area contributed by atoms with Crippen LogP contribution in [0.3, 0.4) is 0 Å². The number of rotatable bonds is 3. The van der Waals surface area contributed by atoms with Gasteiger partial charge in [0.15, 0.2) is 0 Å². The van der Waals surface area contributed by atoms with Gasteiger partial charge in [0.25, 0.3) is 0 Å². The summed E-state index contributed by atoms with van der Waals surface area (Å²) in [6.07, 6.45) is 5.51. The molecule has 3 nitrogen and oxygen atoms in total. The quantitative estimate of drug-likeness (QED) is 0.787. The van der Waals surface area contributed by atoms with Crippen molar-refractivity contribution in [2.75, 3.05) is 20.2 Å². The van der Waals surface area contributed by atoms with Gasteiger partial charge in [-0.2, -0.15) is 0 Å². The molecule has 1 amide bonds. The fourth-order valence-electron chi connectivity index (χ4n) is 2.02. The van der Waals surface area contributed by atoms with Gasteiger partial charge in [-0.25, -0.2) is 0 Å². The third kappa shape index (κ3) is 2.85. The topological polar surface area (TPSA) is 29.5 Å². The summed E-state index contributed by atoms with van der Waals surface area (Å²) < 4.78 is 5.13. The lowest BCUT2D eigenvalue weighted by Crippen LogP contribution is -2.25. The third-order valence-electron chi connectivity index (χ3n) is 3.04. The maximum absolute atomic E-state index is 11.8. The first-order valence-electron chi connectivity index (χ1n) is 6.02. The van der Waals surface area contributed by atoms with Crippen molar-refractivity contribution < 1.29 is 9.53 Å². The van der Waals surface area contributed by atoms with Crippen LogP contribution in [0.5, 0.6) is 5.75 Å². The molecule has 96 valence electrons. The van der Waals surface area contributed by atoms with Crippen LogP contribution in [0, 0.1) is 0 Å². The summed E-state index contributed by atoms with van der Waals surface area (Å²) in [6, 6.07) is 5.51. The number of halogens is 1. The van der Waals surface area contributed by atoms with Gasteiger partial charge in [-0.15, -0.1) is 0 Å². The largest absolute Gasteiger partial charge is 0.495 e. The molecule has 1 saturated heterocycles. The summed E-state index contributed by atoms with van der Waals surface area (Å²) in [5.41, 5.74) is 0.795. The van der Waals surface area contributed by atoms with E-state index >= 15 is 0 Å². The van der Waals surface area contributed by atoms with Crippen LogP contribution in [0.2, 0.25) is 5.02 Å². The van der Waals surface area contributed by atoms with Crippen molar-refractivity contribution >= 4 is 23.6 Å². The van der Waals surface area contributed by atoms with Crippen LogP contribution >= 0.6 is 11.6 Å². The van der Waals surface area contributed by atoms with Gasteiger partial charge >= 0.3 is 0 Å². The Hall–Kier alpha value is -1.48. The molecule has 1 aromatic carbocycles. The summed E-state index contributed by atoms with van der Waals surface area (Å²) >= 11 is 6.15. The van der Waals surface area contributed by atoms with Gasteiger partial charge in [0, 0.05) is 19.2 Å². The molecule has 0 saturated carbocycles. The van der Waals surface area contributed by atoms with Crippen LogP contribution in [0.15, 0.2) is 24.3 Å². The van der Waals surface area contributed by atoms with Crippen LogP contribution < -0.4 is 4.74 Å². The zero-order chi connectivity index (χ0) is 13.0. The number of carbonyl (C=O) groups is 1. The first-order chi connectivity index (χ1) is 8.72. The SMILES string of the molecule is COc1cccc(/C=C/C(=O)N2CCCC2)c1Cl. The standard InChI is InChI=1S/C14H16ClNO2/c1-18-12-6-4-5-11(14(12)15)7-8-13(17)16-9-2-3-10-16/h4-8H,2-3,9-10H2,1H3/b8-7+. The average molecular weight is 266 g/mol. The van der Waals surface area contributed by atoms with E-state index in [4.69, 9.17) is 16.3 Å². The molecule has 1 heterocycles. The molecule has 0 spiro atoms. The lowest BCUT2D eigenvalue weighted by atomic mass is 10.2. The molecular formula is C14H16ClNO2. The van der Waals surface area contributed by atoms with Crippen molar-refractivity contribution in [1.82, 2.24) is 4.90 Å². The lowest BCUT2D eigenvalue weighted by Gasteiger charge is -2.12.